The van der Waals surface area contributed by atoms with Crippen LogP contribution in [0.5, 0.6) is 11.5 Å². The van der Waals surface area contributed by atoms with E-state index in [-0.39, 0.29) is 46.8 Å². The summed E-state index contributed by atoms with van der Waals surface area (Å²) in [5.41, 5.74) is 11.9. The number of aryl methyl sites for hydroxylation is 2. The second kappa shape index (κ2) is 20.0. The lowest BCUT2D eigenvalue weighted by Crippen LogP contribution is -2.44. The molecule has 0 aliphatic carbocycles. The van der Waals surface area contributed by atoms with Crippen LogP contribution in [0.2, 0.25) is 0 Å². The van der Waals surface area contributed by atoms with Gasteiger partial charge in [-0.3, -0.25) is 40.9 Å². The molecule has 0 heterocycles. The number of aromatic hydroxyl groups is 2. The number of phenolic OH excluding ortho intramolecular Hbond substituents is 2. The molecule has 242 valence electrons. The molecule has 0 bridgehead atoms. The van der Waals surface area contributed by atoms with Crippen LogP contribution in [0.15, 0.2) is 36.4 Å². The van der Waals surface area contributed by atoms with E-state index in [1.807, 2.05) is 6.92 Å². The van der Waals surface area contributed by atoms with Gasteiger partial charge in [0.25, 0.3) is 11.8 Å². The number of carbonyl (C=O) groups is 4. The molecule has 0 saturated carbocycles. The highest BCUT2D eigenvalue weighted by Crippen LogP contribution is 2.21. The molecule has 44 heavy (non-hydrogen) atoms. The second-order valence-electron chi connectivity index (χ2n) is 11.3. The molecule has 2 aromatic rings. The summed E-state index contributed by atoms with van der Waals surface area (Å²) in [7, 11) is 0. The van der Waals surface area contributed by atoms with Crippen LogP contribution in [0.1, 0.15) is 130 Å². The minimum Gasteiger partial charge on any atom is -0.507 e. The summed E-state index contributed by atoms with van der Waals surface area (Å²) in [5.74, 6) is -2.35. The van der Waals surface area contributed by atoms with Crippen molar-refractivity contribution in [1.82, 2.24) is 21.7 Å². The molecular weight excluding hydrogens is 560 g/mol. The molecule has 1 unspecified atom stereocenters. The van der Waals surface area contributed by atoms with Gasteiger partial charge in [0, 0.05) is 12.3 Å². The summed E-state index contributed by atoms with van der Waals surface area (Å²) in [6.07, 6.45) is 10.9. The van der Waals surface area contributed by atoms with E-state index in [0.717, 1.165) is 62.5 Å². The van der Waals surface area contributed by atoms with Gasteiger partial charge in [-0.15, -0.1) is 0 Å². The Balaban J connectivity index is 1.76. The highest BCUT2D eigenvalue weighted by molar-refractivity contribution is 5.98. The summed E-state index contributed by atoms with van der Waals surface area (Å²) < 4.78 is 0. The predicted octanol–water partition coefficient (Wildman–Crippen LogP) is 5.76. The zero-order valence-corrected chi connectivity index (χ0v) is 26.5. The third-order valence-electron chi connectivity index (χ3n) is 7.60. The number of hydrogen-bond donors (Lipinski definition) is 6. The summed E-state index contributed by atoms with van der Waals surface area (Å²) in [5, 5.41) is 20.2. The molecule has 10 nitrogen and oxygen atoms in total. The summed E-state index contributed by atoms with van der Waals surface area (Å²) in [6.45, 7) is 6.21. The molecule has 0 fully saturated rings. The van der Waals surface area contributed by atoms with Crippen molar-refractivity contribution < 1.29 is 29.4 Å². The van der Waals surface area contributed by atoms with Gasteiger partial charge >= 0.3 is 0 Å². The molecule has 0 saturated heterocycles. The van der Waals surface area contributed by atoms with Gasteiger partial charge in [-0.1, -0.05) is 71.4 Å². The van der Waals surface area contributed by atoms with Gasteiger partial charge in [0.05, 0.1) is 11.1 Å². The van der Waals surface area contributed by atoms with Crippen molar-refractivity contribution in [2.24, 2.45) is 5.92 Å². The van der Waals surface area contributed by atoms with Crippen LogP contribution in [-0.4, -0.2) is 33.8 Å². The lowest BCUT2D eigenvalue weighted by molar-refractivity contribution is -0.126. The summed E-state index contributed by atoms with van der Waals surface area (Å²) in [4.78, 5) is 50.3. The number of nitrogens with one attached hydrogen (secondary N) is 4. The Labute approximate surface area is 261 Å². The van der Waals surface area contributed by atoms with E-state index in [4.69, 9.17) is 0 Å². The molecule has 2 rings (SSSR count). The van der Waals surface area contributed by atoms with Crippen molar-refractivity contribution in [3.05, 3.63) is 58.7 Å². The number of carbonyl (C=O) groups excluding carboxylic acids is 4. The number of benzene rings is 2. The number of hydrogen-bond acceptors (Lipinski definition) is 6. The van der Waals surface area contributed by atoms with Crippen LogP contribution in [0.4, 0.5) is 0 Å². The van der Waals surface area contributed by atoms with Crippen molar-refractivity contribution in [2.45, 2.75) is 111 Å². The fourth-order valence-electron chi connectivity index (χ4n) is 4.86. The van der Waals surface area contributed by atoms with Crippen molar-refractivity contribution in [3.8, 4) is 11.5 Å². The van der Waals surface area contributed by atoms with Gasteiger partial charge in [0.1, 0.15) is 11.5 Å². The van der Waals surface area contributed by atoms with Crippen LogP contribution in [0.3, 0.4) is 0 Å². The molecule has 2 aromatic carbocycles. The topological polar surface area (TPSA) is 157 Å². The Hall–Kier alpha value is -4.08. The molecule has 0 radical (unpaired) electrons. The van der Waals surface area contributed by atoms with Crippen molar-refractivity contribution in [2.75, 3.05) is 0 Å². The van der Waals surface area contributed by atoms with Gasteiger partial charge in [0.2, 0.25) is 11.8 Å². The third kappa shape index (κ3) is 12.7. The number of unbranched alkanes of at least 4 members (excludes halogenated alkanes) is 5. The quantitative estimate of drug-likeness (QED) is 0.0930. The predicted molar refractivity (Wildman–Crippen MR) is 171 cm³/mol. The third-order valence-corrected chi connectivity index (χ3v) is 7.60. The fraction of sp³-hybridized carbons (Fsp3) is 0.529. The van der Waals surface area contributed by atoms with E-state index < -0.39 is 11.8 Å². The zero-order valence-electron chi connectivity index (χ0n) is 26.5. The van der Waals surface area contributed by atoms with Gasteiger partial charge in [-0.25, -0.2) is 0 Å². The molecule has 0 aliphatic rings. The standard InChI is InChI=1S/C34H50N4O6/c1-4-7-13-24-18-20-29(39)27(22-24)33(43)37-35-31(41)17-12-10-11-16-26(15-9-6-3)32(42)36-38-34(44)28-23-25(14-8-5-2)19-21-30(28)40/h18-23,26,39-40H,4-17H2,1-3H3,(H,35,41)(H,36,42)(H,37,43)(H,38,44). The smallest absolute Gasteiger partial charge is 0.273 e. The maximum absolute atomic E-state index is 12.9. The first-order valence-electron chi connectivity index (χ1n) is 16.0. The van der Waals surface area contributed by atoms with Crippen LogP contribution >= 0.6 is 0 Å². The molecule has 0 spiro atoms. The van der Waals surface area contributed by atoms with Gasteiger partial charge in [-0.2, -0.15) is 0 Å². The minimum atomic E-state index is -0.578. The number of hydrazine groups is 2. The normalized spacial score (nSPS) is 11.4. The van der Waals surface area contributed by atoms with Gasteiger partial charge in [-0.05, 0) is 80.3 Å². The summed E-state index contributed by atoms with van der Waals surface area (Å²) >= 11 is 0. The van der Waals surface area contributed by atoms with Gasteiger partial charge in [0.15, 0.2) is 0 Å². The Kier molecular flexibility index (Phi) is 16.4. The maximum Gasteiger partial charge on any atom is 0.273 e. The average Bonchev–Trinajstić information content (AvgIpc) is 3.02. The van der Waals surface area contributed by atoms with Crippen molar-refractivity contribution in [3.63, 3.8) is 0 Å². The van der Waals surface area contributed by atoms with E-state index in [9.17, 15) is 29.4 Å². The lowest BCUT2D eigenvalue weighted by Gasteiger charge is -2.17. The van der Waals surface area contributed by atoms with E-state index >= 15 is 0 Å². The SMILES string of the molecule is CCCCc1ccc(O)c(C(=O)NNC(=O)CCCCCC(CCCC)C(=O)NNC(=O)c2cc(CCCC)ccc2O)c1. The van der Waals surface area contributed by atoms with Crippen molar-refractivity contribution >= 4 is 23.6 Å². The van der Waals surface area contributed by atoms with Gasteiger partial charge < -0.3 is 10.2 Å². The van der Waals surface area contributed by atoms with Crippen molar-refractivity contribution in [1.29, 1.82) is 0 Å². The monoisotopic (exact) mass is 610 g/mol. The minimum absolute atomic E-state index is 0.115. The first-order valence-corrected chi connectivity index (χ1v) is 16.0. The Morgan fingerprint density at radius 1 is 0.614 bits per heavy atom. The van der Waals surface area contributed by atoms with E-state index in [1.165, 1.54) is 12.1 Å². The van der Waals surface area contributed by atoms with Crippen LogP contribution < -0.4 is 21.7 Å². The molecule has 6 N–H and O–H groups in total. The zero-order chi connectivity index (χ0) is 32.3. The van der Waals surface area contributed by atoms with E-state index in [1.54, 1.807) is 24.3 Å². The molecule has 1 atom stereocenters. The maximum atomic E-state index is 12.9. The molecule has 10 heteroatoms. The Morgan fingerprint density at radius 3 is 1.64 bits per heavy atom. The molecule has 0 aromatic heterocycles. The fourth-order valence-corrected chi connectivity index (χ4v) is 4.86. The number of amides is 4. The first-order chi connectivity index (χ1) is 21.2. The Bertz CT molecular complexity index is 1230. The highest BCUT2D eigenvalue weighted by Gasteiger charge is 2.20. The molecule has 4 amide bonds. The first kappa shape index (κ1) is 36.1. The second-order valence-corrected chi connectivity index (χ2v) is 11.3. The number of rotatable bonds is 18. The Morgan fingerprint density at radius 2 is 1.11 bits per heavy atom. The van der Waals surface area contributed by atoms with Crippen LogP contribution in [-0.2, 0) is 22.4 Å². The number of phenols is 2. The highest BCUT2D eigenvalue weighted by atomic mass is 16.3. The van der Waals surface area contributed by atoms with E-state index in [0.29, 0.717) is 32.1 Å². The molecular formula is C34H50N4O6. The van der Waals surface area contributed by atoms with E-state index in [2.05, 4.69) is 35.6 Å². The molecule has 0 aliphatic heterocycles. The lowest BCUT2D eigenvalue weighted by atomic mass is 9.94. The average molecular weight is 611 g/mol. The van der Waals surface area contributed by atoms with Crippen LogP contribution in [0.25, 0.3) is 0 Å². The van der Waals surface area contributed by atoms with Crippen LogP contribution in [0, 0.1) is 5.92 Å². The summed E-state index contributed by atoms with van der Waals surface area (Å²) in [6, 6.07) is 9.85. The largest absolute Gasteiger partial charge is 0.507 e.